The highest BCUT2D eigenvalue weighted by atomic mass is 19.3. The fourth-order valence-corrected chi connectivity index (χ4v) is 0.995. The van der Waals surface area contributed by atoms with Gasteiger partial charge in [0.15, 0.2) is 0 Å². The summed E-state index contributed by atoms with van der Waals surface area (Å²) in [6.07, 6.45) is 0. The summed E-state index contributed by atoms with van der Waals surface area (Å²) in [6, 6.07) is 3.08. The minimum Gasteiger partial charge on any atom is -0.433 e. The van der Waals surface area contributed by atoms with Crippen molar-refractivity contribution in [1.29, 1.82) is 0 Å². The lowest BCUT2D eigenvalue weighted by Crippen LogP contribution is -2.03. The van der Waals surface area contributed by atoms with E-state index in [0.29, 0.717) is 0 Å². The van der Waals surface area contributed by atoms with Crippen molar-refractivity contribution in [3.05, 3.63) is 40.0 Å². The molecule has 0 aliphatic heterocycles. The molecule has 0 bridgehead atoms. The summed E-state index contributed by atoms with van der Waals surface area (Å²) in [6.45, 7) is -3.17. The molecule has 88 valence electrons. The lowest BCUT2D eigenvalue weighted by Gasteiger charge is -2.06. The van der Waals surface area contributed by atoms with Crippen LogP contribution >= 0.6 is 0 Å². The van der Waals surface area contributed by atoms with E-state index in [1.807, 2.05) is 0 Å². The number of hydrogen-bond acceptors (Lipinski definition) is 2. The Morgan fingerprint density at radius 3 is 2.88 bits per heavy atom. The molecular weight excluding hydrogens is 235 g/mol. The smallest absolute Gasteiger partial charge is 0.387 e. The molecule has 0 fully saturated rings. The molecule has 1 rings (SSSR count). The first-order chi connectivity index (χ1) is 8.13. The first kappa shape index (κ1) is 12.7. The van der Waals surface area contributed by atoms with E-state index in [1.54, 1.807) is 0 Å². The van der Waals surface area contributed by atoms with Crippen molar-refractivity contribution in [3.8, 4) is 17.6 Å². The van der Waals surface area contributed by atoms with Crippen molar-refractivity contribution in [2.24, 2.45) is 5.11 Å². The van der Waals surface area contributed by atoms with Crippen LogP contribution in [0, 0.1) is 17.7 Å². The Kier molecular flexibility index (Phi) is 4.73. The van der Waals surface area contributed by atoms with Crippen molar-refractivity contribution in [3.63, 3.8) is 0 Å². The molecule has 0 unspecified atom stereocenters. The van der Waals surface area contributed by atoms with E-state index >= 15 is 0 Å². The predicted molar refractivity (Wildman–Crippen MR) is 53.9 cm³/mol. The highest BCUT2D eigenvalue weighted by Crippen LogP contribution is 2.21. The zero-order valence-electron chi connectivity index (χ0n) is 8.40. The average molecular weight is 241 g/mol. The minimum atomic E-state index is -3.06. The Hall–Kier alpha value is -2.32. The largest absolute Gasteiger partial charge is 0.433 e. The van der Waals surface area contributed by atoms with Gasteiger partial charge in [-0.05, 0) is 17.7 Å². The van der Waals surface area contributed by atoms with Gasteiger partial charge < -0.3 is 4.74 Å². The van der Waals surface area contributed by atoms with Crippen molar-refractivity contribution >= 4 is 0 Å². The fraction of sp³-hybridized carbons (Fsp3) is 0.200. The number of ether oxygens (including phenoxy) is 1. The van der Waals surface area contributed by atoms with Gasteiger partial charge in [0.1, 0.15) is 11.6 Å². The van der Waals surface area contributed by atoms with Crippen LogP contribution in [-0.2, 0) is 0 Å². The Bertz CT molecular complexity index is 501. The molecule has 1 aromatic carbocycles. The number of benzene rings is 1. The third-order valence-corrected chi connectivity index (χ3v) is 1.60. The predicted octanol–water partition coefficient (Wildman–Crippen LogP) is 3.09. The third kappa shape index (κ3) is 4.36. The van der Waals surface area contributed by atoms with E-state index in [0.717, 1.165) is 12.1 Å². The van der Waals surface area contributed by atoms with Crippen molar-refractivity contribution in [2.45, 2.75) is 6.61 Å². The molecule has 0 saturated heterocycles. The molecule has 0 saturated carbocycles. The van der Waals surface area contributed by atoms with Crippen molar-refractivity contribution < 1.29 is 17.9 Å². The summed E-state index contributed by atoms with van der Waals surface area (Å²) in [5, 5.41) is 3.14. The van der Waals surface area contributed by atoms with E-state index in [2.05, 4.69) is 26.6 Å². The summed E-state index contributed by atoms with van der Waals surface area (Å²) in [5.41, 5.74) is 8.09. The Morgan fingerprint density at radius 1 is 1.47 bits per heavy atom. The number of azide groups is 1. The van der Waals surface area contributed by atoms with Gasteiger partial charge in [-0.25, -0.2) is 4.39 Å². The number of halogens is 3. The summed E-state index contributed by atoms with van der Waals surface area (Å²) in [5.74, 6) is 3.80. The van der Waals surface area contributed by atoms with Crippen molar-refractivity contribution in [2.75, 3.05) is 6.54 Å². The van der Waals surface area contributed by atoms with Gasteiger partial charge in [-0.3, -0.25) is 0 Å². The van der Waals surface area contributed by atoms with Crippen LogP contribution in [0.1, 0.15) is 5.56 Å². The summed E-state index contributed by atoms with van der Waals surface area (Å²) in [7, 11) is 0. The van der Waals surface area contributed by atoms with Crippen LogP contribution in [0.4, 0.5) is 13.2 Å². The van der Waals surface area contributed by atoms with E-state index in [4.69, 9.17) is 5.53 Å². The number of nitrogens with zero attached hydrogens (tertiary/aromatic N) is 3. The molecule has 0 N–H and O–H groups in total. The van der Waals surface area contributed by atoms with Gasteiger partial charge in [0.05, 0.1) is 12.1 Å². The van der Waals surface area contributed by atoms with Crippen LogP contribution in [0.25, 0.3) is 10.4 Å². The van der Waals surface area contributed by atoms with Crippen LogP contribution in [0.2, 0.25) is 0 Å². The van der Waals surface area contributed by atoms with E-state index in [1.165, 1.54) is 6.07 Å². The van der Waals surface area contributed by atoms with Gasteiger partial charge in [-0.1, -0.05) is 17.0 Å². The second kappa shape index (κ2) is 6.30. The molecule has 0 aliphatic rings. The van der Waals surface area contributed by atoms with Gasteiger partial charge in [0.2, 0.25) is 0 Å². The lowest BCUT2D eigenvalue weighted by atomic mass is 10.2. The molecule has 1 aromatic rings. The maximum absolute atomic E-state index is 12.8. The van der Waals surface area contributed by atoms with Crippen LogP contribution in [0.3, 0.4) is 0 Å². The number of rotatable bonds is 3. The van der Waals surface area contributed by atoms with Gasteiger partial charge in [0, 0.05) is 11.0 Å². The van der Waals surface area contributed by atoms with Crippen LogP contribution in [0.5, 0.6) is 5.75 Å². The maximum Gasteiger partial charge on any atom is 0.387 e. The van der Waals surface area contributed by atoms with Crippen LogP contribution in [0.15, 0.2) is 23.3 Å². The Morgan fingerprint density at radius 2 is 2.24 bits per heavy atom. The molecule has 7 heteroatoms. The summed E-state index contributed by atoms with van der Waals surface area (Å²) >= 11 is 0. The van der Waals surface area contributed by atoms with E-state index < -0.39 is 12.4 Å². The second-order valence-electron chi connectivity index (χ2n) is 2.71. The maximum atomic E-state index is 12.8. The van der Waals surface area contributed by atoms with Gasteiger partial charge in [0.25, 0.3) is 0 Å². The minimum absolute atomic E-state index is 0.0971. The zero-order valence-corrected chi connectivity index (χ0v) is 8.40. The Balaban J connectivity index is 2.95. The highest BCUT2D eigenvalue weighted by molar-refractivity contribution is 5.46. The molecule has 17 heavy (non-hydrogen) atoms. The third-order valence-electron chi connectivity index (χ3n) is 1.60. The molecule has 0 amide bonds. The molecule has 0 spiro atoms. The molecule has 0 atom stereocenters. The summed E-state index contributed by atoms with van der Waals surface area (Å²) < 4.78 is 40.9. The van der Waals surface area contributed by atoms with E-state index in [-0.39, 0.29) is 17.9 Å². The van der Waals surface area contributed by atoms with Gasteiger partial charge in [-0.2, -0.15) is 8.78 Å². The fourth-order valence-electron chi connectivity index (χ4n) is 0.995. The quantitative estimate of drug-likeness (QED) is 0.347. The molecule has 0 aromatic heterocycles. The first-order valence-electron chi connectivity index (χ1n) is 4.37. The van der Waals surface area contributed by atoms with Gasteiger partial charge in [-0.15, -0.1) is 0 Å². The molecule has 0 heterocycles. The molecule has 0 aliphatic carbocycles. The molecule has 4 nitrogen and oxygen atoms in total. The highest BCUT2D eigenvalue weighted by Gasteiger charge is 2.09. The van der Waals surface area contributed by atoms with Crippen LogP contribution in [-0.4, -0.2) is 13.2 Å². The summed E-state index contributed by atoms with van der Waals surface area (Å²) in [4.78, 5) is 2.46. The number of hydrogen-bond donors (Lipinski definition) is 0. The van der Waals surface area contributed by atoms with Gasteiger partial charge >= 0.3 is 6.61 Å². The zero-order chi connectivity index (χ0) is 12.7. The van der Waals surface area contributed by atoms with Crippen molar-refractivity contribution in [1.82, 2.24) is 0 Å². The monoisotopic (exact) mass is 241 g/mol. The first-order valence-corrected chi connectivity index (χ1v) is 4.37. The molecular formula is C10H6F3N3O. The Labute approximate surface area is 94.6 Å². The van der Waals surface area contributed by atoms with Crippen LogP contribution < -0.4 is 4.74 Å². The average Bonchev–Trinajstić information content (AvgIpc) is 2.26. The molecule has 0 radical (unpaired) electrons. The standard InChI is InChI=1S/C10H6F3N3O/c11-8-4-3-7(2-1-5-15-16-14)9(6-8)17-10(12)13/h3-4,6,10H,5H2. The normalized spacial score (nSPS) is 9.18. The SMILES string of the molecule is [N-]=[N+]=NCC#Cc1ccc(F)cc1OC(F)F. The topological polar surface area (TPSA) is 58.0 Å². The lowest BCUT2D eigenvalue weighted by molar-refractivity contribution is -0.0501. The second-order valence-corrected chi connectivity index (χ2v) is 2.71. The van der Waals surface area contributed by atoms with E-state index in [9.17, 15) is 13.2 Å². The number of alkyl halides is 2.